The van der Waals surface area contributed by atoms with Gasteiger partial charge >= 0.3 is 6.03 Å². The van der Waals surface area contributed by atoms with Crippen LogP contribution in [0.1, 0.15) is 65.2 Å². The van der Waals surface area contributed by atoms with Gasteiger partial charge in [0.25, 0.3) is 0 Å². The van der Waals surface area contributed by atoms with Crippen molar-refractivity contribution in [1.82, 2.24) is 10.6 Å². The van der Waals surface area contributed by atoms with Gasteiger partial charge in [0.05, 0.1) is 0 Å². The third kappa shape index (κ3) is 7.88. The van der Waals surface area contributed by atoms with Gasteiger partial charge in [-0.15, -0.1) is 10.2 Å². The van der Waals surface area contributed by atoms with Gasteiger partial charge in [-0.3, -0.25) is 0 Å². The lowest BCUT2D eigenvalue weighted by Gasteiger charge is -2.31. The Hall–Kier alpha value is -2.85. The summed E-state index contributed by atoms with van der Waals surface area (Å²) in [5, 5.41) is 21.8. The highest BCUT2D eigenvalue weighted by Gasteiger charge is 2.27. The minimum atomic E-state index is -0.0845. The summed E-state index contributed by atoms with van der Waals surface area (Å²) in [7, 11) is 0. The molecule has 168 valence electrons. The fraction of sp³-hybridized carbons (Fsp3) is 0.737. The number of hydrogen-bond donors (Lipinski definition) is 6. The van der Waals surface area contributed by atoms with Crippen molar-refractivity contribution in [3.63, 3.8) is 0 Å². The van der Waals surface area contributed by atoms with Crippen molar-refractivity contribution in [2.75, 3.05) is 0 Å². The summed E-state index contributed by atoms with van der Waals surface area (Å²) in [6.45, 7) is 3.88. The van der Waals surface area contributed by atoms with Gasteiger partial charge in [-0.05, 0) is 77.0 Å². The van der Waals surface area contributed by atoms with Crippen LogP contribution in [0.5, 0.6) is 0 Å². The summed E-state index contributed by atoms with van der Waals surface area (Å²) in [5.74, 6) is 0.639. The first-order chi connectivity index (χ1) is 14.2. The van der Waals surface area contributed by atoms with E-state index in [4.69, 9.17) is 22.9 Å². The van der Waals surface area contributed by atoms with E-state index in [1.165, 1.54) is 0 Å². The smallest absolute Gasteiger partial charge is 0.315 e. The Labute approximate surface area is 177 Å². The van der Waals surface area contributed by atoms with E-state index in [1.54, 1.807) is 0 Å². The number of nitrogens with two attached hydrogens (primary N) is 4. The van der Waals surface area contributed by atoms with Crippen LogP contribution in [0.4, 0.5) is 4.79 Å². The van der Waals surface area contributed by atoms with E-state index in [-0.39, 0.29) is 30.0 Å². The Morgan fingerprint density at radius 1 is 0.633 bits per heavy atom. The average Bonchev–Trinajstić information content (AvgIpc) is 2.71. The van der Waals surface area contributed by atoms with E-state index in [9.17, 15) is 4.79 Å². The molecule has 0 spiro atoms. The van der Waals surface area contributed by atoms with E-state index in [0.29, 0.717) is 11.8 Å². The second-order valence-corrected chi connectivity index (χ2v) is 8.25. The fourth-order valence-corrected chi connectivity index (χ4v) is 4.16. The number of urea groups is 1. The second-order valence-electron chi connectivity index (χ2n) is 8.25. The maximum absolute atomic E-state index is 12.4. The molecular formula is C19H36N10O. The monoisotopic (exact) mass is 420 g/mol. The van der Waals surface area contributed by atoms with Gasteiger partial charge in [-0.25, -0.2) is 4.79 Å². The average molecular weight is 421 g/mol. The van der Waals surface area contributed by atoms with Crippen LogP contribution in [0.25, 0.3) is 0 Å². The Kier molecular flexibility index (Phi) is 8.88. The number of carbonyl (C=O) groups excluding carboxylic acids is 1. The Bertz CT molecular complexity index is 632. The normalized spacial score (nSPS) is 27.7. The lowest BCUT2D eigenvalue weighted by molar-refractivity contribution is 0.221. The highest BCUT2D eigenvalue weighted by molar-refractivity contribution is 5.86. The molecule has 0 bridgehead atoms. The van der Waals surface area contributed by atoms with Crippen molar-refractivity contribution in [2.24, 2.45) is 55.2 Å². The van der Waals surface area contributed by atoms with Crippen LogP contribution in [0.2, 0.25) is 0 Å². The molecule has 2 aliphatic rings. The predicted molar refractivity (Wildman–Crippen MR) is 121 cm³/mol. The van der Waals surface area contributed by atoms with Crippen molar-refractivity contribution in [3.8, 4) is 0 Å². The van der Waals surface area contributed by atoms with Crippen LogP contribution < -0.4 is 33.6 Å². The van der Waals surface area contributed by atoms with Crippen molar-refractivity contribution < 1.29 is 4.79 Å². The molecule has 0 unspecified atom stereocenters. The van der Waals surface area contributed by atoms with E-state index < -0.39 is 0 Å². The molecule has 30 heavy (non-hydrogen) atoms. The molecule has 0 atom stereocenters. The summed E-state index contributed by atoms with van der Waals surface area (Å²) in [4.78, 5) is 12.4. The van der Waals surface area contributed by atoms with Gasteiger partial charge in [-0.2, -0.15) is 10.2 Å². The van der Waals surface area contributed by atoms with Gasteiger partial charge in [-0.1, -0.05) is 0 Å². The molecule has 0 heterocycles. The highest BCUT2D eigenvalue weighted by Crippen LogP contribution is 2.27. The van der Waals surface area contributed by atoms with Crippen LogP contribution in [0, 0.1) is 11.8 Å². The zero-order valence-electron chi connectivity index (χ0n) is 18.0. The molecule has 2 rings (SSSR count). The molecule has 0 radical (unpaired) electrons. The predicted octanol–water partition coefficient (Wildman–Crippen LogP) is 0.702. The quantitative estimate of drug-likeness (QED) is 0.209. The summed E-state index contributed by atoms with van der Waals surface area (Å²) < 4.78 is 0. The van der Waals surface area contributed by atoms with Crippen molar-refractivity contribution in [2.45, 2.75) is 77.3 Å². The standard InChI is InChI=1S/C19H36N10O/c1-11(26-28-17(20)21)13-3-7-15(8-4-13)24-19(30)25-16-9-5-14(6-10-16)12(2)27-29-18(22)23/h13-16H,3-10H2,1-2H3,(H4,20,21,28)(H4,22,23,29)(H2,24,25,30). The van der Waals surface area contributed by atoms with E-state index >= 15 is 0 Å². The summed E-state index contributed by atoms with van der Waals surface area (Å²) >= 11 is 0. The zero-order valence-corrected chi connectivity index (χ0v) is 18.0. The maximum Gasteiger partial charge on any atom is 0.315 e. The van der Waals surface area contributed by atoms with Crippen molar-refractivity contribution >= 4 is 29.4 Å². The number of amides is 2. The molecule has 2 saturated carbocycles. The minimum absolute atomic E-state index is 0.0355. The highest BCUT2D eigenvalue weighted by atomic mass is 16.2. The zero-order chi connectivity index (χ0) is 22.1. The molecule has 2 aliphatic carbocycles. The largest absolute Gasteiger partial charge is 0.369 e. The van der Waals surface area contributed by atoms with Gasteiger partial charge in [0, 0.05) is 23.5 Å². The lowest BCUT2D eigenvalue weighted by Crippen LogP contribution is -2.48. The minimum Gasteiger partial charge on any atom is -0.369 e. The first-order valence-corrected chi connectivity index (χ1v) is 10.6. The first-order valence-electron chi connectivity index (χ1n) is 10.6. The van der Waals surface area contributed by atoms with E-state index in [1.807, 2.05) is 13.8 Å². The molecule has 11 heteroatoms. The fourth-order valence-electron chi connectivity index (χ4n) is 4.16. The molecule has 0 aromatic rings. The molecule has 0 saturated heterocycles. The maximum atomic E-state index is 12.4. The van der Waals surface area contributed by atoms with Crippen LogP contribution in [0.3, 0.4) is 0 Å². The van der Waals surface area contributed by atoms with Crippen LogP contribution in [0.15, 0.2) is 20.4 Å². The molecule has 2 fully saturated rings. The third-order valence-corrected chi connectivity index (χ3v) is 5.95. The van der Waals surface area contributed by atoms with Crippen molar-refractivity contribution in [1.29, 1.82) is 0 Å². The molecule has 2 amide bonds. The van der Waals surface area contributed by atoms with Crippen LogP contribution >= 0.6 is 0 Å². The van der Waals surface area contributed by atoms with Gasteiger partial charge < -0.3 is 33.6 Å². The third-order valence-electron chi connectivity index (χ3n) is 5.95. The SMILES string of the molecule is CC(=NN=C(N)N)C1CCC(NC(=O)NC2CCC(C(C)=NN=C(N)N)CC2)CC1. The number of guanidine groups is 2. The van der Waals surface area contributed by atoms with E-state index in [0.717, 1.165) is 62.8 Å². The molecule has 0 aromatic heterocycles. The first kappa shape index (κ1) is 23.4. The number of nitrogens with one attached hydrogen (secondary N) is 2. The number of hydrogen-bond acceptors (Lipinski definition) is 5. The Morgan fingerprint density at radius 3 is 1.27 bits per heavy atom. The number of nitrogens with zero attached hydrogens (tertiary/aromatic N) is 4. The van der Waals surface area contributed by atoms with Gasteiger partial charge in [0.1, 0.15) is 0 Å². The molecule has 0 aromatic carbocycles. The number of carbonyl (C=O) groups is 1. The topological polar surface area (TPSA) is 195 Å². The van der Waals surface area contributed by atoms with Gasteiger partial charge in [0.15, 0.2) is 0 Å². The lowest BCUT2D eigenvalue weighted by atomic mass is 9.83. The van der Waals surface area contributed by atoms with Gasteiger partial charge in [0.2, 0.25) is 11.9 Å². The summed E-state index contributed by atoms with van der Waals surface area (Å²) in [6, 6.07) is 0.281. The molecule has 10 N–H and O–H groups in total. The summed E-state index contributed by atoms with van der Waals surface area (Å²) in [5.41, 5.74) is 23.1. The Morgan fingerprint density at radius 2 is 0.967 bits per heavy atom. The van der Waals surface area contributed by atoms with E-state index in [2.05, 4.69) is 31.0 Å². The molecule has 11 nitrogen and oxygen atoms in total. The molecule has 0 aliphatic heterocycles. The van der Waals surface area contributed by atoms with Crippen molar-refractivity contribution in [3.05, 3.63) is 0 Å². The summed E-state index contributed by atoms with van der Waals surface area (Å²) in [6.07, 6.45) is 7.50. The van der Waals surface area contributed by atoms with Crippen LogP contribution in [-0.2, 0) is 0 Å². The number of rotatable bonds is 6. The Balaban J connectivity index is 1.70. The second kappa shape index (κ2) is 11.4. The molecular weight excluding hydrogens is 384 g/mol. The van der Waals surface area contributed by atoms with Crippen LogP contribution in [-0.4, -0.2) is 41.5 Å².